The highest BCUT2D eigenvalue weighted by atomic mass is 16.5. The molecule has 24 heavy (non-hydrogen) atoms. The number of carbonyl (C=O) groups is 1. The molecule has 0 unspecified atom stereocenters. The molecule has 3 rings (SSSR count). The Morgan fingerprint density at radius 3 is 2.29 bits per heavy atom. The van der Waals surface area contributed by atoms with Crippen LogP contribution in [0.3, 0.4) is 0 Å². The van der Waals surface area contributed by atoms with E-state index >= 15 is 0 Å². The van der Waals surface area contributed by atoms with Gasteiger partial charge in [-0.05, 0) is 40.8 Å². The molecule has 3 nitrogen and oxygen atoms in total. The minimum Gasteiger partial charge on any atom is -0.496 e. The van der Waals surface area contributed by atoms with E-state index in [9.17, 15) is 4.79 Å². The van der Waals surface area contributed by atoms with Crippen molar-refractivity contribution < 1.29 is 14.3 Å². The van der Waals surface area contributed by atoms with Crippen molar-refractivity contribution in [3.63, 3.8) is 0 Å². The first-order valence-corrected chi connectivity index (χ1v) is 7.95. The van der Waals surface area contributed by atoms with Crippen LogP contribution in [0.5, 0.6) is 5.75 Å². The lowest BCUT2D eigenvalue weighted by atomic mass is 9.96. The van der Waals surface area contributed by atoms with E-state index in [0.717, 1.165) is 18.4 Å². The number of ether oxygens (including phenoxy) is 2. The minimum absolute atomic E-state index is 0.361. The number of aryl methyl sites for hydroxylation is 2. The Hall–Kier alpha value is -2.81. The highest BCUT2D eigenvalue weighted by molar-refractivity contribution is 5.94. The number of esters is 1. The van der Waals surface area contributed by atoms with Crippen molar-refractivity contribution in [1.29, 1.82) is 0 Å². The van der Waals surface area contributed by atoms with E-state index in [1.807, 2.05) is 18.2 Å². The molecule has 0 saturated carbocycles. The van der Waals surface area contributed by atoms with Crippen molar-refractivity contribution in [3.8, 4) is 5.75 Å². The summed E-state index contributed by atoms with van der Waals surface area (Å²) in [6.45, 7) is 0. The van der Waals surface area contributed by atoms with Gasteiger partial charge in [-0.1, -0.05) is 54.6 Å². The first-order valence-electron chi connectivity index (χ1n) is 7.95. The van der Waals surface area contributed by atoms with Crippen LogP contribution >= 0.6 is 0 Å². The summed E-state index contributed by atoms with van der Waals surface area (Å²) in [6.07, 6.45) is 1.59. The number of hydrogen-bond acceptors (Lipinski definition) is 3. The lowest BCUT2D eigenvalue weighted by Crippen LogP contribution is -2.09. The van der Waals surface area contributed by atoms with E-state index in [1.165, 1.54) is 23.4 Å². The normalized spacial score (nSPS) is 10.6. The van der Waals surface area contributed by atoms with E-state index < -0.39 is 0 Å². The fourth-order valence-corrected chi connectivity index (χ4v) is 3.07. The van der Waals surface area contributed by atoms with Gasteiger partial charge in [0.15, 0.2) is 0 Å². The van der Waals surface area contributed by atoms with Crippen LogP contribution in [0.15, 0.2) is 60.7 Å². The van der Waals surface area contributed by atoms with E-state index in [4.69, 9.17) is 9.47 Å². The van der Waals surface area contributed by atoms with E-state index in [0.29, 0.717) is 11.3 Å². The van der Waals surface area contributed by atoms with Crippen LogP contribution in [-0.4, -0.2) is 20.2 Å². The number of fused-ring (bicyclic) bond motifs is 1. The smallest absolute Gasteiger partial charge is 0.341 e. The van der Waals surface area contributed by atoms with Gasteiger partial charge in [-0.25, -0.2) is 4.79 Å². The first-order chi connectivity index (χ1) is 11.7. The Morgan fingerprint density at radius 1 is 0.833 bits per heavy atom. The quantitative estimate of drug-likeness (QED) is 0.653. The fourth-order valence-electron chi connectivity index (χ4n) is 3.07. The van der Waals surface area contributed by atoms with Crippen molar-refractivity contribution in [1.82, 2.24) is 0 Å². The van der Waals surface area contributed by atoms with Gasteiger partial charge >= 0.3 is 5.97 Å². The second kappa shape index (κ2) is 7.18. The Labute approximate surface area is 141 Å². The Balaban J connectivity index is 1.93. The predicted molar refractivity (Wildman–Crippen MR) is 95.7 cm³/mol. The number of benzene rings is 3. The van der Waals surface area contributed by atoms with Gasteiger partial charge in [0.2, 0.25) is 0 Å². The molecule has 0 aromatic heterocycles. The Bertz CT molecular complexity index is 863. The predicted octanol–water partition coefficient (Wildman–Crippen LogP) is 4.42. The lowest BCUT2D eigenvalue weighted by Gasteiger charge is -2.13. The van der Waals surface area contributed by atoms with Gasteiger partial charge in [0.1, 0.15) is 11.3 Å². The maximum absolute atomic E-state index is 12.1. The minimum atomic E-state index is -0.361. The van der Waals surface area contributed by atoms with Crippen LogP contribution in [0.25, 0.3) is 10.8 Å². The third-order valence-corrected chi connectivity index (χ3v) is 4.27. The van der Waals surface area contributed by atoms with Gasteiger partial charge < -0.3 is 9.47 Å². The maximum Gasteiger partial charge on any atom is 0.341 e. The molecule has 0 N–H and O–H groups in total. The van der Waals surface area contributed by atoms with Gasteiger partial charge in [-0.15, -0.1) is 0 Å². The number of methoxy groups -OCH3 is 2. The molecule has 0 saturated heterocycles. The summed E-state index contributed by atoms with van der Waals surface area (Å²) in [6, 6.07) is 20.3. The third kappa shape index (κ3) is 3.11. The molecule has 0 aliphatic heterocycles. The fraction of sp³-hybridized carbons (Fsp3) is 0.190. The van der Waals surface area contributed by atoms with Crippen LogP contribution in [0.4, 0.5) is 0 Å². The summed E-state index contributed by atoms with van der Waals surface area (Å²) in [5.41, 5.74) is 2.73. The van der Waals surface area contributed by atoms with Crippen LogP contribution in [0.2, 0.25) is 0 Å². The summed E-state index contributed by atoms with van der Waals surface area (Å²) in [4.78, 5) is 12.1. The molecular weight excluding hydrogens is 300 g/mol. The molecule has 0 aliphatic rings. The molecule has 0 amide bonds. The highest BCUT2D eigenvalue weighted by Crippen LogP contribution is 2.26. The summed E-state index contributed by atoms with van der Waals surface area (Å²) in [5.74, 6) is 0.192. The zero-order valence-corrected chi connectivity index (χ0v) is 13.9. The SMILES string of the molecule is COC(=O)c1c(CCc2cccc3ccccc23)cccc1OC. The molecule has 0 radical (unpaired) electrons. The monoisotopic (exact) mass is 320 g/mol. The molecule has 0 fully saturated rings. The van der Waals surface area contributed by atoms with E-state index in [-0.39, 0.29) is 5.97 Å². The van der Waals surface area contributed by atoms with Crippen molar-refractivity contribution in [2.45, 2.75) is 12.8 Å². The molecule has 0 atom stereocenters. The van der Waals surface area contributed by atoms with Gasteiger partial charge in [-0.2, -0.15) is 0 Å². The van der Waals surface area contributed by atoms with Gasteiger partial charge in [0.05, 0.1) is 14.2 Å². The molecule has 122 valence electrons. The summed E-state index contributed by atoms with van der Waals surface area (Å²) >= 11 is 0. The topological polar surface area (TPSA) is 35.5 Å². The second-order valence-electron chi connectivity index (χ2n) is 5.62. The highest BCUT2D eigenvalue weighted by Gasteiger charge is 2.17. The van der Waals surface area contributed by atoms with Crippen LogP contribution in [0.1, 0.15) is 21.5 Å². The zero-order chi connectivity index (χ0) is 16.9. The largest absolute Gasteiger partial charge is 0.496 e. The third-order valence-electron chi connectivity index (χ3n) is 4.27. The number of rotatable bonds is 5. The molecule has 0 spiro atoms. The van der Waals surface area contributed by atoms with E-state index in [2.05, 4.69) is 36.4 Å². The summed E-state index contributed by atoms with van der Waals surface area (Å²) < 4.78 is 10.3. The van der Waals surface area contributed by atoms with Crippen LogP contribution in [-0.2, 0) is 17.6 Å². The van der Waals surface area contributed by atoms with Crippen molar-refractivity contribution in [2.24, 2.45) is 0 Å². The average molecular weight is 320 g/mol. The van der Waals surface area contributed by atoms with Gasteiger partial charge in [-0.3, -0.25) is 0 Å². The average Bonchev–Trinajstić information content (AvgIpc) is 2.65. The maximum atomic E-state index is 12.1. The molecule has 3 aromatic rings. The second-order valence-corrected chi connectivity index (χ2v) is 5.62. The Kier molecular flexibility index (Phi) is 4.80. The molecule has 3 heteroatoms. The van der Waals surface area contributed by atoms with E-state index in [1.54, 1.807) is 13.2 Å². The Morgan fingerprint density at radius 2 is 1.50 bits per heavy atom. The van der Waals surface area contributed by atoms with Crippen LogP contribution in [0, 0.1) is 0 Å². The van der Waals surface area contributed by atoms with Crippen molar-refractivity contribution >= 4 is 16.7 Å². The standard InChI is InChI=1S/C21H20O3/c1-23-19-12-6-10-17(20(19)21(22)24-2)14-13-16-9-5-8-15-7-3-4-11-18(15)16/h3-12H,13-14H2,1-2H3. The first kappa shape index (κ1) is 16.1. The summed E-state index contributed by atoms with van der Waals surface area (Å²) in [5, 5.41) is 2.48. The van der Waals surface area contributed by atoms with Crippen molar-refractivity contribution in [3.05, 3.63) is 77.4 Å². The van der Waals surface area contributed by atoms with Gasteiger partial charge in [0, 0.05) is 0 Å². The van der Waals surface area contributed by atoms with Crippen LogP contribution < -0.4 is 4.74 Å². The summed E-state index contributed by atoms with van der Waals surface area (Å²) in [7, 11) is 2.96. The number of carbonyl (C=O) groups excluding carboxylic acids is 1. The van der Waals surface area contributed by atoms with Crippen molar-refractivity contribution in [2.75, 3.05) is 14.2 Å². The molecule has 0 heterocycles. The van der Waals surface area contributed by atoms with Gasteiger partial charge in [0.25, 0.3) is 0 Å². The zero-order valence-electron chi connectivity index (χ0n) is 13.9. The number of hydrogen-bond donors (Lipinski definition) is 0. The lowest BCUT2D eigenvalue weighted by molar-refractivity contribution is 0.0595. The molecular formula is C21H20O3. The molecule has 0 aliphatic carbocycles. The molecule has 0 bridgehead atoms. The molecule has 3 aromatic carbocycles.